The van der Waals surface area contributed by atoms with E-state index in [4.69, 9.17) is 16.3 Å². The fraction of sp³-hybridized carbons (Fsp3) is 0.409. The van der Waals surface area contributed by atoms with Gasteiger partial charge in [0.1, 0.15) is 24.3 Å². The van der Waals surface area contributed by atoms with Crippen molar-refractivity contribution < 1.29 is 19.0 Å². The second kappa shape index (κ2) is 10.2. The lowest BCUT2D eigenvalue weighted by molar-refractivity contribution is -0.114. The summed E-state index contributed by atoms with van der Waals surface area (Å²) < 4.78 is 19.1. The van der Waals surface area contributed by atoms with E-state index in [0.717, 1.165) is 25.9 Å². The molecule has 2 aromatic carbocycles. The van der Waals surface area contributed by atoms with Crippen LogP contribution in [0.2, 0.25) is 5.02 Å². The first-order chi connectivity index (χ1) is 14.3. The summed E-state index contributed by atoms with van der Waals surface area (Å²) in [5.74, 6) is -0.583. The first-order valence-electron chi connectivity index (χ1n) is 9.93. The molecule has 30 heavy (non-hydrogen) atoms. The Labute approximate surface area is 180 Å². The average molecular weight is 436 g/mol. The molecule has 162 valence electrons. The smallest absolute Gasteiger partial charge is 0.221 e. The Morgan fingerprint density at radius 2 is 2.10 bits per heavy atom. The Hall–Kier alpha value is -2.19. The van der Waals surface area contributed by atoms with Crippen LogP contribution in [0.15, 0.2) is 42.5 Å². The van der Waals surface area contributed by atoms with Gasteiger partial charge in [-0.05, 0) is 49.2 Å². The Morgan fingerprint density at radius 1 is 1.33 bits per heavy atom. The number of aliphatic hydroxyl groups is 1. The molecular weight excluding hydrogens is 409 g/mol. The number of hydrogen-bond acceptors (Lipinski definition) is 5. The van der Waals surface area contributed by atoms with E-state index >= 15 is 0 Å². The van der Waals surface area contributed by atoms with E-state index < -0.39 is 11.9 Å². The molecule has 1 saturated heterocycles. The number of halogens is 2. The van der Waals surface area contributed by atoms with Gasteiger partial charge in [-0.1, -0.05) is 23.7 Å². The molecule has 8 heteroatoms. The molecule has 0 bridgehead atoms. The fourth-order valence-electron chi connectivity index (χ4n) is 3.59. The molecule has 1 amide bonds. The predicted octanol–water partition coefficient (Wildman–Crippen LogP) is 2.74. The van der Waals surface area contributed by atoms with Crippen LogP contribution in [0.25, 0.3) is 0 Å². The van der Waals surface area contributed by atoms with Crippen molar-refractivity contribution in [3.63, 3.8) is 0 Å². The van der Waals surface area contributed by atoms with Gasteiger partial charge in [-0.2, -0.15) is 0 Å². The number of carbonyl (C=O) groups excluding carboxylic acids is 1. The predicted molar refractivity (Wildman–Crippen MR) is 116 cm³/mol. The van der Waals surface area contributed by atoms with Gasteiger partial charge in [0.05, 0.1) is 5.69 Å². The minimum absolute atomic E-state index is 0.0342. The van der Waals surface area contributed by atoms with E-state index in [9.17, 15) is 14.3 Å². The zero-order valence-corrected chi connectivity index (χ0v) is 17.6. The molecule has 0 radical (unpaired) electrons. The van der Waals surface area contributed by atoms with Crippen LogP contribution in [0.3, 0.4) is 0 Å². The Bertz CT molecular complexity index is 857. The van der Waals surface area contributed by atoms with Crippen molar-refractivity contribution in [2.75, 3.05) is 31.6 Å². The lowest BCUT2D eigenvalue weighted by atomic mass is 9.89. The van der Waals surface area contributed by atoms with Crippen molar-refractivity contribution in [3.05, 3.63) is 58.9 Å². The maximum absolute atomic E-state index is 13.6. The molecule has 1 fully saturated rings. The zero-order valence-electron chi connectivity index (χ0n) is 16.9. The Kier molecular flexibility index (Phi) is 7.66. The number of hydrogen-bond donors (Lipinski definition) is 4. The number of ether oxygens (including phenoxy) is 1. The molecule has 6 nitrogen and oxygen atoms in total. The first kappa shape index (κ1) is 22.5. The lowest BCUT2D eigenvalue weighted by Gasteiger charge is -2.31. The molecular formula is C22H27ClFN3O3. The molecule has 0 aromatic heterocycles. The molecule has 0 aliphatic carbocycles. The summed E-state index contributed by atoms with van der Waals surface area (Å²) in [5.41, 5.74) is 1.36. The van der Waals surface area contributed by atoms with Crippen molar-refractivity contribution in [3.8, 4) is 5.75 Å². The number of aliphatic hydroxyl groups excluding tert-OH is 1. The lowest BCUT2D eigenvalue weighted by Crippen LogP contribution is -2.52. The first-order valence-corrected chi connectivity index (χ1v) is 10.3. The normalized spacial score (nSPS) is 19.5. The molecule has 1 aliphatic rings. The van der Waals surface area contributed by atoms with Gasteiger partial charge in [0.15, 0.2) is 0 Å². The van der Waals surface area contributed by atoms with Gasteiger partial charge in [0, 0.05) is 36.6 Å². The highest BCUT2D eigenvalue weighted by molar-refractivity contribution is 6.30. The van der Waals surface area contributed by atoms with Crippen LogP contribution in [-0.4, -0.2) is 48.9 Å². The van der Waals surface area contributed by atoms with E-state index in [-0.39, 0.29) is 23.8 Å². The third-order valence-electron chi connectivity index (χ3n) is 5.10. The van der Waals surface area contributed by atoms with Crippen LogP contribution in [0, 0.1) is 5.82 Å². The summed E-state index contributed by atoms with van der Waals surface area (Å²) in [5, 5.41) is 20.6. The van der Waals surface area contributed by atoms with Crippen molar-refractivity contribution in [2.45, 2.75) is 31.4 Å². The molecule has 0 unspecified atom stereocenters. The largest absolute Gasteiger partial charge is 0.489 e. The molecule has 0 spiro atoms. The highest BCUT2D eigenvalue weighted by atomic mass is 35.5. The summed E-state index contributed by atoms with van der Waals surface area (Å²) >= 11 is 5.98. The van der Waals surface area contributed by atoms with E-state index in [2.05, 4.69) is 16.0 Å². The minimum Gasteiger partial charge on any atom is -0.489 e. The zero-order chi connectivity index (χ0) is 21.6. The molecule has 1 heterocycles. The Morgan fingerprint density at radius 3 is 2.77 bits per heavy atom. The quantitative estimate of drug-likeness (QED) is 0.487. The molecule has 3 rings (SSSR count). The molecule has 2 atom stereocenters. The topological polar surface area (TPSA) is 82.6 Å². The summed E-state index contributed by atoms with van der Waals surface area (Å²) in [7, 11) is 0. The van der Waals surface area contributed by atoms with Crippen LogP contribution < -0.4 is 20.7 Å². The number of amides is 1. The summed E-state index contributed by atoms with van der Waals surface area (Å²) in [6.45, 7) is 3.34. The number of β-amino-alcohol motifs (C(OH)–C–C–N with tert-alkyl or cyclic N) is 1. The van der Waals surface area contributed by atoms with E-state index in [1.54, 1.807) is 0 Å². The van der Waals surface area contributed by atoms with Crippen molar-refractivity contribution in [1.29, 1.82) is 0 Å². The molecule has 2 aromatic rings. The number of benzene rings is 2. The van der Waals surface area contributed by atoms with Gasteiger partial charge in [-0.25, -0.2) is 4.39 Å². The number of rotatable bonds is 9. The third kappa shape index (κ3) is 6.40. The van der Waals surface area contributed by atoms with Gasteiger partial charge >= 0.3 is 0 Å². The number of anilines is 1. The Balaban J connectivity index is 1.56. The van der Waals surface area contributed by atoms with Gasteiger partial charge in [-0.15, -0.1) is 0 Å². The minimum atomic E-state index is -0.805. The van der Waals surface area contributed by atoms with Gasteiger partial charge in [-0.3, -0.25) is 4.79 Å². The van der Waals surface area contributed by atoms with Crippen molar-refractivity contribution >= 4 is 23.2 Å². The maximum atomic E-state index is 13.6. The fourth-order valence-corrected chi connectivity index (χ4v) is 3.71. The third-order valence-corrected chi connectivity index (χ3v) is 5.35. The average Bonchev–Trinajstić information content (AvgIpc) is 3.17. The second-order valence-electron chi connectivity index (χ2n) is 7.68. The highest BCUT2D eigenvalue weighted by Gasteiger charge is 2.34. The van der Waals surface area contributed by atoms with Gasteiger partial charge in [0.25, 0.3) is 0 Å². The summed E-state index contributed by atoms with van der Waals surface area (Å²) in [6.07, 6.45) is 0.933. The monoisotopic (exact) mass is 435 g/mol. The van der Waals surface area contributed by atoms with Crippen LogP contribution in [-0.2, 0) is 11.2 Å². The summed E-state index contributed by atoms with van der Waals surface area (Å²) in [4.78, 5) is 11.3. The molecule has 0 saturated carbocycles. The van der Waals surface area contributed by atoms with Crippen molar-refractivity contribution in [2.24, 2.45) is 0 Å². The van der Waals surface area contributed by atoms with Crippen LogP contribution in [0.1, 0.15) is 18.9 Å². The highest BCUT2D eigenvalue weighted by Crippen LogP contribution is 2.26. The number of nitrogens with one attached hydrogen (secondary N) is 3. The standard InChI is InChI=1S/C22H27ClFN3O3/c1-15(28)27-20-7-6-18(24)10-21(20)30-13-19(29)12-26-22(8-9-25-14-22)11-16-2-4-17(23)5-3-16/h2-7,10,19,25-26,29H,8-9,11-14H2,1H3,(H,27,28)/t19-,22+/m0/s1. The molecule has 1 aliphatic heterocycles. The van der Waals surface area contributed by atoms with E-state index in [1.807, 2.05) is 24.3 Å². The second-order valence-corrected chi connectivity index (χ2v) is 8.11. The van der Waals surface area contributed by atoms with E-state index in [0.29, 0.717) is 17.3 Å². The van der Waals surface area contributed by atoms with Gasteiger partial charge in [0.2, 0.25) is 5.91 Å². The van der Waals surface area contributed by atoms with Gasteiger partial charge < -0.3 is 25.8 Å². The van der Waals surface area contributed by atoms with Crippen LogP contribution in [0.5, 0.6) is 5.75 Å². The van der Waals surface area contributed by atoms with Crippen LogP contribution in [0.4, 0.5) is 10.1 Å². The number of carbonyl (C=O) groups is 1. The SMILES string of the molecule is CC(=O)Nc1ccc(F)cc1OC[C@@H](O)CN[C@@]1(Cc2ccc(Cl)cc2)CCNC1. The summed E-state index contributed by atoms with van der Waals surface area (Å²) in [6, 6.07) is 11.6. The van der Waals surface area contributed by atoms with Crippen LogP contribution >= 0.6 is 11.6 Å². The van der Waals surface area contributed by atoms with Crippen molar-refractivity contribution in [1.82, 2.24) is 10.6 Å². The maximum Gasteiger partial charge on any atom is 0.221 e. The molecule has 4 N–H and O–H groups in total. The van der Waals surface area contributed by atoms with E-state index in [1.165, 1.54) is 30.7 Å².